The van der Waals surface area contributed by atoms with Gasteiger partial charge in [0.1, 0.15) is 0 Å². The molecular weight excluding hydrogens is 738 g/mol. The lowest BCUT2D eigenvalue weighted by atomic mass is 9.93. The summed E-state index contributed by atoms with van der Waals surface area (Å²) in [4.78, 5) is 34.7. The molecular formula is C32H24Cl3IN4O2S. The van der Waals surface area contributed by atoms with Crippen molar-refractivity contribution in [3.8, 4) is 11.1 Å². The normalized spacial score (nSPS) is 16.6. The summed E-state index contributed by atoms with van der Waals surface area (Å²) in [6.07, 6.45) is 0. The van der Waals surface area contributed by atoms with E-state index in [2.05, 4.69) is 34.5 Å². The maximum atomic E-state index is 14.1. The number of rotatable bonds is 4. The second-order valence-corrected chi connectivity index (χ2v) is 15.9. The Kier molecular flexibility index (Phi) is 8.17. The molecule has 0 radical (unpaired) electrons. The minimum atomic E-state index is -0.374. The van der Waals surface area contributed by atoms with Crippen LogP contribution in [0.3, 0.4) is 0 Å². The summed E-state index contributed by atoms with van der Waals surface area (Å²) < 4.78 is 1.44. The Labute approximate surface area is 277 Å². The Hall–Kier alpha value is -2.60. The number of anilines is 2. The monoisotopic (exact) mass is 760 g/mol. The fourth-order valence-corrected chi connectivity index (χ4v) is 12.4. The van der Waals surface area contributed by atoms with Gasteiger partial charge in [-0.3, -0.25) is 14.6 Å². The Morgan fingerprint density at radius 2 is 1.47 bits per heavy atom. The summed E-state index contributed by atoms with van der Waals surface area (Å²) in [7, 11) is 1.97. The van der Waals surface area contributed by atoms with Crippen LogP contribution in [0, 0.1) is 0 Å². The van der Waals surface area contributed by atoms with Gasteiger partial charge in [0, 0.05) is 64.9 Å². The number of piperazine rings is 1. The van der Waals surface area contributed by atoms with Gasteiger partial charge in [-0.2, -0.15) is 0 Å². The van der Waals surface area contributed by atoms with Crippen molar-refractivity contribution in [3.63, 3.8) is 0 Å². The van der Waals surface area contributed by atoms with Crippen molar-refractivity contribution >= 4 is 90.0 Å². The smallest absolute Gasteiger partial charge is 0.326 e. The quantitative estimate of drug-likeness (QED) is 0.212. The summed E-state index contributed by atoms with van der Waals surface area (Å²) in [6, 6.07) is 24.5. The molecule has 11 heteroatoms. The molecule has 1 saturated heterocycles. The molecule has 3 aliphatic rings. The van der Waals surface area contributed by atoms with Crippen LogP contribution in [0.25, 0.3) is 11.1 Å². The van der Waals surface area contributed by atoms with Crippen molar-refractivity contribution in [2.75, 3.05) is 31.1 Å². The van der Waals surface area contributed by atoms with Gasteiger partial charge >= 0.3 is 6.03 Å². The SMILES string of the molecule is O=C(c1cc(-c2ccccc2Cl)c2c(c1)N(c1c(Cl)cccc1Cl)C(=O)NC2)N1CCN(C2=ISc3ccccc32)CC1. The highest BCUT2D eigenvalue weighted by atomic mass is 127. The molecule has 43 heavy (non-hydrogen) atoms. The van der Waals surface area contributed by atoms with Crippen LogP contribution in [0.15, 0.2) is 83.8 Å². The maximum absolute atomic E-state index is 14.1. The average Bonchev–Trinajstić information content (AvgIpc) is 3.46. The molecule has 0 atom stereocenters. The zero-order valence-corrected chi connectivity index (χ0v) is 27.9. The van der Waals surface area contributed by atoms with E-state index in [-0.39, 0.29) is 37.8 Å². The molecule has 1 N–H and O–H groups in total. The summed E-state index contributed by atoms with van der Waals surface area (Å²) >= 11 is 19.7. The summed E-state index contributed by atoms with van der Waals surface area (Å²) in [5.74, 6) is -0.0900. The van der Waals surface area contributed by atoms with E-state index >= 15 is 0 Å². The molecule has 3 amide bonds. The molecule has 218 valence electrons. The van der Waals surface area contributed by atoms with Crippen LogP contribution in [0.2, 0.25) is 15.1 Å². The number of nitrogens with one attached hydrogen (secondary N) is 1. The Bertz CT molecular complexity index is 1810. The maximum Gasteiger partial charge on any atom is 0.326 e. The van der Waals surface area contributed by atoms with Crippen LogP contribution >= 0.6 is 63.1 Å². The molecule has 0 aliphatic carbocycles. The van der Waals surface area contributed by atoms with Crippen LogP contribution in [-0.4, -0.2) is 51.5 Å². The number of benzene rings is 4. The first-order valence-corrected chi connectivity index (χ1v) is 19.2. The Balaban J connectivity index is 1.26. The molecule has 0 aromatic heterocycles. The number of fused-ring (bicyclic) bond motifs is 2. The van der Waals surface area contributed by atoms with Crippen LogP contribution in [-0.2, 0) is 6.54 Å². The molecule has 6 nitrogen and oxygen atoms in total. The van der Waals surface area contributed by atoms with Crippen molar-refractivity contribution in [1.82, 2.24) is 15.1 Å². The van der Waals surface area contributed by atoms with Crippen molar-refractivity contribution in [3.05, 3.63) is 111 Å². The zero-order valence-electron chi connectivity index (χ0n) is 22.6. The second kappa shape index (κ2) is 12.1. The zero-order chi connectivity index (χ0) is 29.7. The number of halogens is 4. The lowest BCUT2D eigenvalue weighted by molar-refractivity contribution is 0.0694. The van der Waals surface area contributed by atoms with E-state index in [1.807, 2.05) is 44.2 Å². The summed E-state index contributed by atoms with van der Waals surface area (Å²) in [5.41, 5.74) is 5.11. The number of amides is 3. The number of hydrogen-bond acceptors (Lipinski definition) is 4. The van der Waals surface area contributed by atoms with Crippen molar-refractivity contribution in [1.29, 1.82) is 0 Å². The van der Waals surface area contributed by atoms with Crippen molar-refractivity contribution < 1.29 is 9.59 Å². The van der Waals surface area contributed by atoms with Gasteiger partial charge in [-0.25, -0.2) is 4.79 Å². The van der Waals surface area contributed by atoms with Crippen molar-refractivity contribution in [2.24, 2.45) is 0 Å². The minimum Gasteiger partial charge on any atom is -0.336 e. The fraction of sp³-hybridized carbons (Fsp3) is 0.156. The molecule has 7 rings (SSSR count). The van der Waals surface area contributed by atoms with E-state index in [1.165, 1.54) is 19.0 Å². The van der Waals surface area contributed by atoms with Gasteiger partial charge in [0.05, 0.1) is 25.1 Å². The van der Waals surface area contributed by atoms with Crippen LogP contribution in [0.4, 0.5) is 16.2 Å². The lowest BCUT2D eigenvalue weighted by Gasteiger charge is -2.36. The lowest BCUT2D eigenvalue weighted by Crippen LogP contribution is -2.50. The Morgan fingerprint density at radius 1 is 0.791 bits per heavy atom. The Morgan fingerprint density at radius 3 is 2.21 bits per heavy atom. The number of carbonyl (C=O) groups is 2. The summed E-state index contributed by atoms with van der Waals surface area (Å²) in [6.45, 7) is 3.04. The molecule has 0 unspecified atom stereocenters. The van der Waals surface area contributed by atoms with E-state index in [1.54, 1.807) is 24.3 Å². The van der Waals surface area contributed by atoms with Gasteiger partial charge in [0.2, 0.25) is 0 Å². The molecule has 0 spiro atoms. The number of nitrogens with zero attached hydrogens (tertiary/aromatic N) is 3. The molecule has 4 aromatic rings. The fourth-order valence-electron chi connectivity index (χ4n) is 5.69. The van der Waals surface area contributed by atoms with E-state index in [4.69, 9.17) is 34.8 Å². The molecule has 0 bridgehead atoms. The highest BCUT2D eigenvalue weighted by Gasteiger charge is 2.33. The highest BCUT2D eigenvalue weighted by Crippen LogP contribution is 2.46. The van der Waals surface area contributed by atoms with E-state index < -0.39 is 0 Å². The first-order valence-electron chi connectivity index (χ1n) is 13.7. The third-order valence-electron chi connectivity index (χ3n) is 7.81. The van der Waals surface area contributed by atoms with E-state index in [9.17, 15) is 9.59 Å². The van der Waals surface area contributed by atoms with Crippen LogP contribution in [0.5, 0.6) is 0 Å². The number of urea groups is 1. The summed E-state index contributed by atoms with van der Waals surface area (Å²) in [5, 5.41) is 4.16. The number of para-hydroxylation sites is 1. The van der Waals surface area contributed by atoms with Gasteiger partial charge in [-0.15, -0.1) is 0 Å². The predicted octanol–water partition coefficient (Wildman–Crippen LogP) is 8.60. The van der Waals surface area contributed by atoms with Gasteiger partial charge in [0.15, 0.2) is 0 Å². The second-order valence-electron chi connectivity index (χ2n) is 10.3. The predicted molar refractivity (Wildman–Crippen MR) is 186 cm³/mol. The van der Waals surface area contributed by atoms with Crippen molar-refractivity contribution in [2.45, 2.75) is 11.4 Å². The van der Waals surface area contributed by atoms with Gasteiger partial charge in [-0.05, 0) is 61.3 Å². The highest BCUT2D eigenvalue weighted by molar-refractivity contribution is 14.2. The topological polar surface area (TPSA) is 55.9 Å². The van der Waals surface area contributed by atoms with E-state index in [0.717, 1.165) is 29.8 Å². The standard InChI is InChI=1S/C32H24Cl3IN4O2S/c33-24-8-3-1-6-20(24)22-16-19(17-27-23(22)18-37-32(42)40(27)29-25(34)9-5-10-26(29)35)31(41)39-14-12-38(13-15-39)30-21-7-2-4-11-28(21)43-36-30/h1-11,16-17H,12-15,18H2,(H,37,42). The van der Waals surface area contributed by atoms with Gasteiger partial charge in [-0.1, -0.05) is 86.2 Å². The number of carbonyl (C=O) groups excluding carboxylic acids is 2. The average molecular weight is 762 g/mol. The number of hydrogen-bond donors (Lipinski definition) is 1. The third-order valence-corrected chi connectivity index (χ3v) is 14.1. The molecule has 4 aromatic carbocycles. The molecule has 0 saturated carbocycles. The first-order chi connectivity index (χ1) is 20.9. The van der Waals surface area contributed by atoms with E-state index in [0.29, 0.717) is 45.1 Å². The van der Waals surface area contributed by atoms with Gasteiger partial charge < -0.3 is 10.2 Å². The largest absolute Gasteiger partial charge is 0.336 e. The van der Waals surface area contributed by atoms with Crippen LogP contribution < -0.4 is 10.2 Å². The minimum absolute atomic E-state index is 0.0900. The third kappa shape index (κ3) is 5.36. The van der Waals surface area contributed by atoms with Crippen LogP contribution in [0.1, 0.15) is 21.5 Å². The molecule has 3 heterocycles. The molecule has 3 aliphatic heterocycles. The molecule has 1 fully saturated rings. The first kappa shape index (κ1) is 29.1. The van der Waals surface area contributed by atoms with Gasteiger partial charge in [0.25, 0.3) is 5.91 Å².